The summed E-state index contributed by atoms with van der Waals surface area (Å²) >= 11 is 6.06. The van der Waals surface area contributed by atoms with Gasteiger partial charge in [0.05, 0.1) is 12.7 Å². The zero-order chi connectivity index (χ0) is 13.5. The van der Waals surface area contributed by atoms with Crippen molar-refractivity contribution in [3.63, 3.8) is 0 Å². The Morgan fingerprint density at radius 2 is 2.06 bits per heavy atom. The Labute approximate surface area is 113 Å². The van der Waals surface area contributed by atoms with Gasteiger partial charge in [0.25, 0.3) is 0 Å². The molecule has 1 aromatic rings. The zero-order valence-corrected chi connectivity index (χ0v) is 12.0. The highest BCUT2D eigenvalue weighted by molar-refractivity contribution is 6.30. The summed E-state index contributed by atoms with van der Waals surface area (Å²) in [6.45, 7) is 5.03. The first kappa shape index (κ1) is 15.1. The SMILES string of the molecule is CCc1nc(Cl)c(C)c(NCC(COC)OC)n1. The minimum absolute atomic E-state index is 0.0202. The summed E-state index contributed by atoms with van der Waals surface area (Å²) in [6.07, 6.45) is 0.730. The van der Waals surface area contributed by atoms with Crippen LogP contribution in [-0.4, -0.2) is 43.4 Å². The fourth-order valence-electron chi connectivity index (χ4n) is 1.47. The average Bonchev–Trinajstić information content (AvgIpc) is 2.38. The average molecular weight is 274 g/mol. The summed E-state index contributed by atoms with van der Waals surface area (Å²) < 4.78 is 10.3. The molecule has 0 aliphatic heterocycles. The molecule has 6 heteroatoms. The summed E-state index contributed by atoms with van der Waals surface area (Å²) in [7, 11) is 3.30. The normalized spacial score (nSPS) is 12.5. The van der Waals surface area contributed by atoms with Crippen molar-refractivity contribution in [3.05, 3.63) is 16.5 Å². The molecule has 1 rings (SSSR count). The van der Waals surface area contributed by atoms with Crippen LogP contribution in [0.3, 0.4) is 0 Å². The predicted molar refractivity (Wildman–Crippen MR) is 72.3 cm³/mol. The van der Waals surface area contributed by atoms with Gasteiger partial charge in [0.1, 0.15) is 16.8 Å². The van der Waals surface area contributed by atoms with Crippen LogP contribution in [-0.2, 0) is 15.9 Å². The van der Waals surface area contributed by atoms with Gasteiger partial charge in [0.2, 0.25) is 0 Å². The van der Waals surface area contributed by atoms with Crippen LogP contribution in [0.4, 0.5) is 5.82 Å². The van der Waals surface area contributed by atoms with Gasteiger partial charge in [-0.3, -0.25) is 0 Å². The van der Waals surface area contributed by atoms with Crippen LogP contribution in [0.1, 0.15) is 18.3 Å². The maximum absolute atomic E-state index is 6.06. The van der Waals surface area contributed by atoms with Crippen LogP contribution in [0.15, 0.2) is 0 Å². The molecule has 0 aliphatic carbocycles. The van der Waals surface area contributed by atoms with Crippen LogP contribution >= 0.6 is 11.6 Å². The zero-order valence-electron chi connectivity index (χ0n) is 11.3. The van der Waals surface area contributed by atoms with Gasteiger partial charge in [-0.1, -0.05) is 18.5 Å². The van der Waals surface area contributed by atoms with E-state index in [0.717, 1.165) is 23.6 Å². The van der Waals surface area contributed by atoms with Crippen LogP contribution < -0.4 is 5.32 Å². The molecule has 0 amide bonds. The molecular weight excluding hydrogens is 254 g/mol. The second-order valence-electron chi connectivity index (χ2n) is 3.95. The van der Waals surface area contributed by atoms with Gasteiger partial charge in [-0.25, -0.2) is 9.97 Å². The Bertz CT molecular complexity index is 388. The third-order valence-electron chi connectivity index (χ3n) is 2.63. The number of aromatic nitrogens is 2. The number of nitrogens with one attached hydrogen (secondary N) is 1. The molecule has 1 N–H and O–H groups in total. The Kier molecular flexibility index (Phi) is 6.32. The minimum Gasteiger partial charge on any atom is -0.382 e. The summed E-state index contributed by atoms with van der Waals surface area (Å²) in [4.78, 5) is 8.61. The first-order chi connectivity index (χ1) is 8.62. The number of methoxy groups -OCH3 is 2. The topological polar surface area (TPSA) is 56.3 Å². The molecule has 18 heavy (non-hydrogen) atoms. The van der Waals surface area contributed by atoms with E-state index in [4.69, 9.17) is 21.1 Å². The molecule has 0 bridgehead atoms. The number of halogens is 1. The number of ether oxygens (including phenoxy) is 2. The van der Waals surface area contributed by atoms with Crippen molar-refractivity contribution in [2.45, 2.75) is 26.4 Å². The molecule has 0 fully saturated rings. The summed E-state index contributed by atoms with van der Waals surface area (Å²) in [6, 6.07) is 0. The lowest BCUT2D eigenvalue weighted by molar-refractivity contribution is 0.0365. The van der Waals surface area contributed by atoms with E-state index in [-0.39, 0.29) is 6.10 Å². The number of hydrogen-bond acceptors (Lipinski definition) is 5. The van der Waals surface area contributed by atoms with E-state index < -0.39 is 0 Å². The summed E-state index contributed by atoms with van der Waals surface area (Å²) in [5.41, 5.74) is 0.848. The monoisotopic (exact) mass is 273 g/mol. The van der Waals surface area contributed by atoms with Crippen molar-refractivity contribution in [2.75, 3.05) is 32.7 Å². The van der Waals surface area contributed by atoms with Gasteiger partial charge in [-0.15, -0.1) is 0 Å². The van der Waals surface area contributed by atoms with E-state index in [0.29, 0.717) is 18.3 Å². The van der Waals surface area contributed by atoms with Gasteiger partial charge in [-0.2, -0.15) is 0 Å². The quantitative estimate of drug-likeness (QED) is 0.771. The molecule has 1 heterocycles. The standard InChI is InChI=1S/C12H20ClN3O2/c1-5-10-15-11(13)8(2)12(16-10)14-6-9(18-4)7-17-3/h9H,5-7H2,1-4H3,(H,14,15,16). The lowest BCUT2D eigenvalue weighted by Crippen LogP contribution is -2.27. The Morgan fingerprint density at radius 3 is 2.61 bits per heavy atom. The van der Waals surface area contributed by atoms with Gasteiger partial charge in [0.15, 0.2) is 0 Å². The first-order valence-corrected chi connectivity index (χ1v) is 6.28. The number of hydrogen-bond donors (Lipinski definition) is 1. The molecule has 0 saturated carbocycles. The molecule has 5 nitrogen and oxygen atoms in total. The van der Waals surface area contributed by atoms with Crippen LogP contribution in [0, 0.1) is 6.92 Å². The fourth-order valence-corrected chi connectivity index (χ4v) is 1.66. The molecule has 1 atom stereocenters. The second kappa shape index (κ2) is 7.51. The third kappa shape index (κ3) is 4.08. The Balaban J connectivity index is 2.74. The molecule has 0 aromatic carbocycles. The summed E-state index contributed by atoms with van der Waals surface area (Å²) in [5.74, 6) is 1.49. The smallest absolute Gasteiger partial charge is 0.137 e. The van der Waals surface area contributed by atoms with E-state index in [1.165, 1.54) is 0 Å². The van der Waals surface area contributed by atoms with Crippen LogP contribution in [0.2, 0.25) is 5.15 Å². The van der Waals surface area contributed by atoms with E-state index in [2.05, 4.69) is 15.3 Å². The lowest BCUT2D eigenvalue weighted by Gasteiger charge is -2.17. The highest BCUT2D eigenvalue weighted by Gasteiger charge is 2.11. The van der Waals surface area contributed by atoms with E-state index in [9.17, 15) is 0 Å². The van der Waals surface area contributed by atoms with Crippen LogP contribution in [0.5, 0.6) is 0 Å². The van der Waals surface area contributed by atoms with E-state index in [1.807, 2.05) is 13.8 Å². The van der Waals surface area contributed by atoms with Gasteiger partial charge in [0, 0.05) is 32.7 Å². The summed E-state index contributed by atoms with van der Waals surface area (Å²) in [5, 5.41) is 3.71. The number of aryl methyl sites for hydroxylation is 1. The predicted octanol–water partition coefficient (Wildman–Crippen LogP) is 2.07. The lowest BCUT2D eigenvalue weighted by atomic mass is 10.3. The fraction of sp³-hybridized carbons (Fsp3) is 0.667. The highest BCUT2D eigenvalue weighted by Crippen LogP contribution is 2.20. The molecule has 0 saturated heterocycles. The van der Waals surface area contributed by atoms with E-state index in [1.54, 1.807) is 14.2 Å². The van der Waals surface area contributed by atoms with Crippen molar-refractivity contribution >= 4 is 17.4 Å². The third-order valence-corrected chi connectivity index (χ3v) is 3.00. The number of anilines is 1. The number of nitrogens with zero attached hydrogens (tertiary/aromatic N) is 2. The molecule has 1 aromatic heterocycles. The van der Waals surface area contributed by atoms with Crippen molar-refractivity contribution in [1.29, 1.82) is 0 Å². The van der Waals surface area contributed by atoms with Gasteiger partial charge >= 0.3 is 0 Å². The molecule has 1 unspecified atom stereocenters. The largest absolute Gasteiger partial charge is 0.382 e. The van der Waals surface area contributed by atoms with E-state index >= 15 is 0 Å². The van der Waals surface area contributed by atoms with Crippen molar-refractivity contribution in [2.24, 2.45) is 0 Å². The molecule has 102 valence electrons. The van der Waals surface area contributed by atoms with Gasteiger partial charge < -0.3 is 14.8 Å². The van der Waals surface area contributed by atoms with Crippen molar-refractivity contribution < 1.29 is 9.47 Å². The molecule has 0 radical (unpaired) electrons. The highest BCUT2D eigenvalue weighted by atomic mass is 35.5. The molecular formula is C12H20ClN3O2. The minimum atomic E-state index is -0.0202. The Hall–Kier alpha value is -0.910. The number of rotatable bonds is 7. The van der Waals surface area contributed by atoms with Crippen LogP contribution in [0.25, 0.3) is 0 Å². The van der Waals surface area contributed by atoms with Crippen molar-refractivity contribution in [3.8, 4) is 0 Å². The first-order valence-electron chi connectivity index (χ1n) is 5.90. The molecule has 0 spiro atoms. The Morgan fingerprint density at radius 1 is 1.33 bits per heavy atom. The van der Waals surface area contributed by atoms with Gasteiger partial charge in [-0.05, 0) is 6.92 Å². The maximum Gasteiger partial charge on any atom is 0.137 e. The van der Waals surface area contributed by atoms with Crippen molar-refractivity contribution in [1.82, 2.24) is 9.97 Å². The maximum atomic E-state index is 6.06. The molecule has 0 aliphatic rings. The second-order valence-corrected chi connectivity index (χ2v) is 4.31.